The molecule has 0 amide bonds. The lowest BCUT2D eigenvalue weighted by Gasteiger charge is -2.30. The van der Waals surface area contributed by atoms with Gasteiger partial charge in [-0.1, -0.05) is 80.1 Å². The van der Waals surface area contributed by atoms with Crippen LogP contribution in [0.2, 0.25) is 0 Å². The maximum absolute atomic E-state index is 13.9. The smallest absolute Gasteiger partial charge is 0.352 e. The topological polar surface area (TPSA) is 72.5 Å². The van der Waals surface area contributed by atoms with Crippen molar-refractivity contribution in [2.24, 2.45) is 0 Å². The van der Waals surface area contributed by atoms with Gasteiger partial charge in [0.1, 0.15) is 0 Å². The summed E-state index contributed by atoms with van der Waals surface area (Å²) in [6.07, 6.45) is 8.07. The molecule has 32 heavy (non-hydrogen) atoms. The second-order valence-corrected chi connectivity index (χ2v) is 9.62. The molecule has 0 spiro atoms. The Hall–Kier alpha value is -0.0100. The number of unbranched alkanes of at least 4 members (excludes halogenated alkanes) is 3. The van der Waals surface area contributed by atoms with E-state index in [1.54, 1.807) is 0 Å². The van der Waals surface area contributed by atoms with Crippen molar-refractivity contribution in [3.8, 4) is 0 Å². The molecule has 8 heteroatoms. The molecule has 0 radical (unpaired) electrons. The minimum Gasteiger partial charge on any atom is -0.352 e. The minimum atomic E-state index is -4.00. The van der Waals surface area contributed by atoms with Crippen LogP contribution in [-0.4, -0.2) is 38.7 Å². The quantitative estimate of drug-likeness (QED) is 0.0784. The number of phosphoric ester groups is 1. The van der Waals surface area contributed by atoms with Crippen LogP contribution in [0.4, 0.5) is 0 Å². The van der Waals surface area contributed by atoms with E-state index in [1.165, 1.54) is 0 Å². The fraction of sp³-hybridized carbons (Fsp3) is 1.00. The maximum atomic E-state index is 13.9. The number of phosphoric acid groups is 1. The van der Waals surface area contributed by atoms with E-state index in [9.17, 15) is 4.57 Å². The molecule has 0 rings (SSSR count). The highest BCUT2D eigenvalue weighted by molar-refractivity contribution is 7.48. The predicted octanol–water partition coefficient (Wildman–Crippen LogP) is 7.97. The van der Waals surface area contributed by atoms with Crippen molar-refractivity contribution < 1.29 is 32.3 Å². The summed E-state index contributed by atoms with van der Waals surface area (Å²) in [4.78, 5) is 0. The Kier molecular flexibility index (Phi) is 21.5. The zero-order chi connectivity index (χ0) is 24.1. The van der Waals surface area contributed by atoms with Crippen molar-refractivity contribution in [2.45, 2.75) is 137 Å². The summed E-state index contributed by atoms with van der Waals surface area (Å²) < 4.78 is 49.2. The van der Waals surface area contributed by atoms with Gasteiger partial charge in [-0.3, -0.25) is 13.6 Å². The van der Waals surface area contributed by atoms with Crippen LogP contribution in [-0.2, 0) is 32.3 Å². The summed E-state index contributed by atoms with van der Waals surface area (Å²) in [5, 5.41) is 0. The van der Waals surface area contributed by atoms with Gasteiger partial charge in [0.05, 0.1) is 0 Å². The van der Waals surface area contributed by atoms with Gasteiger partial charge in [0.25, 0.3) is 0 Å². The van der Waals surface area contributed by atoms with Gasteiger partial charge in [-0.2, -0.15) is 0 Å². The van der Waals surface area contributed by atoms with Crippen LogP contribution in [0.3, 0.4) is 0 Å². The highest BCUT2D eigenvalue weighted by Crippen LogP contribution is 2.54. The predicted molar refractivity (Wildman–Crippen MR) is 130 cm³/mol. The third kappa shape index (κ3) is 16.6. The molecule has 0 aliphatic rings. The summed E-state index contributed by atoms with van der Waals surface area (Å²) in [5.41, 5.74) is 0. The number of rotatable bonds is 24. The zero-order valence-corrected chi connectivity index (χ0v) is 22.5. The van der Waals surface area contributed by atoms with E-state index in [0.29, 0.717) is 39.1 Å². The van der Waals surface area contributed by atoms with Gasteiger partial charge in [0.2, 0.25) is 0 Å². The van der Waals surface area contributed by atoms with E-state index in [1.807, 2.05) is 20.8 Å². The van der Waals surface area contributed by atoms with Gasteiger partial charge in [-0.05, 0) is 38.5 Å². The maximum Gasteiger partial charge on any atom is 0.481 e. The Morgan fingerprint density at radius 1 is 0.500 bits per heavy atom. The van der Waals surface area contributed by atoms with Gasteiger partial charge in [-0.25, -0.2) is 4.57 Å². The SMILES string of the molecule is CCCCOC(CCC)OP(=O)(OC(CCC)OCCCC)OC(CCC)OCCCC. The van der Waals surface area contributed by atoms with Crippen molar-refractivity contribution >= 4 is 7.82 Å². The average molecular weight is 483 g/mol. The number of hydrogen-bond acceptors (Lipinski definition) is 7. The standard InChI is InChI=1S/C24H51O7P/c1-7-13-19-26-22(16-10-4)29-32(25,30-23(17-11-5)27-20-14-8-2)31-24(18-12-6)28-21-15-9-3/h22-24H,7-21H2,1-6H3. The third-order valence-electron chi connectivity index (χ3n) is 4.72. The van der Waals surface area contributed by atoms with Crippen molar-refractivity contribution in [3.63, 3.8) is 0 Å². The van der Waals surface area contributed by atoms with Crippen LogP contribution in [0.1, 0.15) is 119 Å². The Bertz CT molecular complexity index is 388. The van der Waals surface area contributed by atoms with Gasteiger partial charge >= 0.3 is 7.82 Å². The van der Waals surface area contributed by atoms with Gasteiger partial charge in [-0.15, -0.1) is 0 Å². The lowest BCUT2D eigenvalue weighted by molar-refractivity contribution is -0.164. The van der Waals surface area contributed by atoms with Crippen LogP contribution in [0.15, 0.2) is 0 Å². The zero-order valence-electron chi connectivity index (χ0n) is 21.6. The van der Waals surface area contributed by atoms with E-state index in [2.05, 4.69) is 20.8 Å². The molecule has 3 unspecified atom stereocenters. The van der Waals surface area contributed by atoms with Gasteiger partial charge < -0.3 is 14.2 Å². The molecule has 0 heterocycles. The molecule has 194 valence electrons. The summed E-state index contributed by atoms with van der Waals surface area (Å²) in [7, 11) is -4.00. The summed E-state index contributed by atoms with van der Waals surface area (Å²) in [6, 6.07) is 0. The summed E-state index contributed by atoms with van der Waals surface area (Å²) in [5.74, 6) is 0. The van der Waals surface area contributed by atoms with Crippen molar-refractivity contribution in [1.29, 1.82) is 0 Å². The molecule has 0 aliphatic heterocycles. The average Bonchev–Trinajstić information content (AvgIpc) is 2.74. The lowest BCUT2D eigenvalue weighted by atomic mass is 10.3. The highest BCUT2D eigenvalue weighted by atomic mass is 31.2. The molecule has 0 aromatic carbocycles. The molecule has 0 fully saturated rings. The molecular formula is C24H51O7P. The fourth-order valence-electron chi connectivity index (χ4n) is 2.79. The molecule has 7 nitrogen and oxygen atoms in total. The molecule has 0 aromatic rings. The molecule has 0 aromatic heterocycles. The largest absolute Gasteiger partial charge is 0.481 e. The number of hydrogen-bond donors (Lipinski definition) is 0. The van der Waals surface area contributed by atoms with E-state index in [4.69, 9.17) is 27.8 Å². The first-order valence-electron chi connectivity index (χ1n) is 13.0. The van der Waals surface area contributed by atoms with Crippen LogP contribution in [0, 0.1) is 0 Å². The van der Waals surface area contributed by atoms with E-state index in [-0.39, 0.29) is 0 Å². The fourth-order valence-corrected chi connectivity index (χ4v) is 4.30. The Morgan fingerprint density at radius 2 is 0.781 bits per heavy atom. The first-order valence-corrected chi connectivity index (χ1v) is 14.4. The summed E-state index contributed by atoms with van der Waals surface area (Å²) >= 11 is 0. The Morgan fingerprint density at radius 3 is 1.00 bits per heavy atom. The summed E-state index contributed by atoms with van der Waals surface area (Å²) in [6.45, 7) is 14.0. The van der Waals surface area contributed by atoms with E-state index >= 15 is 0 Å². The monoisotopic (exact) mass is 482 g/mol. The van der Waals surface area contributed by atoms with E-state index < -0.39 is 26.7 Å². The van der Waals surface area contributed by atoms with Gasteiger partial charge in [0, 0.05) is 19.8 Å². The second-order valence-electron chi connectivity index (χ2n) is 8.09. The van der Waals surface area contributed by atoms with Crippen LogP contribution >= 0.6 is 7.82 Å². The Balaban J connectivity index is 5.48. The van der Waals surface area contributed by atoms with Crippen molar-refractivity contribution in [1.82, 2.24) is 0 Å². The lowest BCUT2D eigenvalue weighted by Crippen LogP contribution is -2.25. The number of ether oxygens (including phenoxy) is 3. The first-order chi connectivity index (χ1) is 15.5. The van der Waals surface area contributed by atoms with Crippen molar-refractivity contribution in [3.05, 3.63) is 0 Å². The van der Waals surface area contributed by atoms with Crippen LogP contribution in [0.25, 0.3) is 0 Å². The van der Waals surface area contributed by atoms with Crippen LogP contribution in [0.5, 0.6) is 0 Å². The van der Waals surface area contributed by atoms with Crippen LogP contribution < -0.4 is 0 Å². The Labute approximate surface area is 197 Å². The first kappa shape index (κ1) is 32.0. The normalized spacial score (nSPS) is 16.6. The van der Waals surface area contributed by atoms with E-state index in [0.717, 1.165) is 57.8 Å². The van der Waals surface area contributed by atoms with Crippen molar-refractivity contribution in [2.75, 3.05) is 19.8 Å². The molecule has 0 saturated heterocycles. The second kappa shape index (κ2) is 21.5. The molecule has 3 atom stereocenters. The minimum absolute atomic E-state index is 0.540. The molecule has 0 N–H and O–H groups in total. The molecule has 0 aliphatic carbocycles. The molecule has 0 bridgehead atoms. The molecular weight excluding hydrogens is 431 g/mol. The highest BCUT2D eigenvalue weighted by Gasteiger charge is 2.37. The molecule has 0 saturated carbocycles. The van der Waals surface area contributed by atoms with Gasteiger partial charge in [0.15, 0.2) is 18.9 Å². The third-order valence-corrected chi connectivity index (χ3v) is 6.20.